The molecule has 1 atom stereocenters. The molecule has 192 valence electrons. The lowest BCUT2D eigenvalue weighted by Gasteiger charge is -2.31. The normalized spacial score (nSPS) is 15.2. The van der Waals surface area contributed by atoms with Crippen LogP contribution in [0.25, 0.3) is 0 Å². The van der Waals surface area contributed by atoms with Gasteiger partial charge >= 0.3 is 11.9 Å². The van der Waals surface area contributed by atoms with Crippen molar-refractivity contribution < 1.29 is 17.6 Å². The maximum atomic E-state index is 14.7. The van der Waals surface area contributed by atoms with Crippen molar-refractivity contribution in [2.24, 2.45) is 0 Å². The van der Waals surface area contributed by atoms with E-state index in [0.717, 1.165) is 32.9 Å². The first-order chi connectivity index (χ1) is 17.1. The molecular formula is C26H28F4N4O2. The molecule has 2 heterocycles. The summed E-state index contributed by atoms with van der Waals surface area (Å²) in [5.41, 5.74) is -1.67. The number of nitrogens with zero attached hydrogens (tertiary/aromatic N) is 3. The van der Waals surface area contributed by atoms with Crippen LogP contribution in [-0.2, 0) is 19.3 Å². The maximum Gasteiger partial charge on any atom is 0.416 e. The van der Waals surface area contributed by atoms with Gasteiger partial charge in [-0.05, 0) is 30.5 Å². The van der Waals surface area contributed by atoms with E-state index in [2.05, 4.69) is 5.32 Å². The van der Waals surface area contributed by atoms with Gasteiger partial charge < -0.3 is 10.2 Å². The van der Waals surface area contributed by atoms with Crippen molar-refractivity contribution in [1.29, 1.82) is 0 Å². The summed E-state index contributed by atoms with van der Waals surface area (Å²) in [6, 6.07) is 12.1. The lowest BCUT2D eigenvalue weighted by atomic mass is 10.0. The number of anilines is 1. The molecule has 0 radical (unpaired) electrons. The molecule has 36 heavy (non-hydrogen) atoms. The quantitative estimate of drug-likeness (QED) is 0.520. The molecule has 0 bridgehead atoms. The van der Waals surface area contributed by atoms with E-state index in [-0.39, 0.29) is 23.8 Å². The first kappa shape index (κ1) is 25.7. The number of hydrogen-bond donors (Lipinski definition) is 1. The molecule has 1 aromatic heterocycles. The highest BCUT2D eigenvalue weighted by Crippen LogP contribution is 2.33. The van der Waals surface area contributed by atoms with E-state index >= 15 is 0 Å². The van der Waals surface area contributed by atoms with Crippen molar-refractivity contribution in [3.63, 3.8) is 0 Å². The minimum atomic E-state index is -4.80. The van der Waals surface area contributed by atoms with Gasteiger partial charge in [-0.25, -0.2) is 9.18 Å². The zero-order valence-electron chi connectivity index (χ0n) is 20.1. The predicted molar refractivity (Wildman–Crippen MR) is 130 cm³/mol. The van der Waals surface area contributed by atoms with Gasteiger partial charge in [0.2, 0.25) is 0 Å². The second kappa shape index (κ2) is 10.3. The van der Waals surface area contributed by atoms with E-state index in [1.54, 1.807) is 0 Å². The van der Waals surface area contributed by atoms with Crippen molar-refractivity contribution in [1.82, 2.24) is 14.5 Å². The minimum absolute atomic E-state index is 0.0322. The van der Waals surface area contributed by atoms with Crippen molar-refractivity contribution >= 4 is 5.69 Å². The molecule has 3 aromatic rings. The zero-order valence-corrected chi connectivity index (χ0v) is 20.1. The second-order valence-corrected chi connectivity index (χ2v) is 9.03. The molecule has 2 aromatic carbocycles. The Balaban J connectivity index is 1.89. The Labute approximate surface area is 205 Å². The van der Waals surface area contributed by atoms with Gasteiger partial charge in [0.25, 0.3) is 5.56 Å². The third-order valence-corrected chi connectivity index (χ3v) is 6.66. The van der Waals surface area contributed by atoms with Crippen LogP contribution in [-0.4, -0.2) is 35.3 Å². The van der Waals surface area contributed by atoms with Crippen LogP contribution < -0.4 is 21.5 Å². The number of nitrogens with one attached hydrogen (secondary N) is 1. The van der Waals surface area contributed by atoms with Gasteiger partial charge in [0, 0.05) is 44.0 Å². The first-order valence-corrected chi connectivity index (χ1v) is 11.8. The molecule has 6 nitrogen and oxygen atoms in total. The predicted octanol–water partition coefficient (Wildman–Crippen LogP) is 3.74. The summed E-state index contributed by atoms with van der Waals surface area (Å²) in [6.45, 7) is 5.00. The third-order valence-electron chi connectivity index (χ3n) is 6.66. The fourth-order valence-electron chi connectivity index (χ4n) is 4.69. The van der Waals surface area contributed by atoms with Crippen LogP contribution in [0.2, 0.25) is 0 Å². The summed E-state index contributed by atoms with van der Waals surface area (Å²) in [4.78, 5) is 29.0. The van der Waals surface area contributed by atoms with Gasteiger partial charge in [-0.15, -0.1) is 0 Å². The number of halogens is 4. The van der Waals surface area contributed by atoms with E-state index in [0.29, 0.717) is 26.2 Å². The Morgan fingerprint density at radius 2 is 1.64 bits per heavy atom. The Morgan fingerprint density at radius 1 is 0.972 bits per heavy atom. The van der Waals surface area contributed by atoms with Crippen molar-refractivity contribution in [3.8, 4) is 0 Å². The number of benzene rings is 2. The lowest BCUT2D eigenvalue weighted by Crippen LogP contribution is -2.50. The van der Waals surface area contributed by atoms with Gasteiger partial charge in [-0.1, -0.05) is 43.3 Å². The minimum Gasteiger partial charge on any atom is -0.363 e. The number of hydrogen-bond acceptors (Lipinski definition) is 4. The van der Waals surface area contributed by atoms with Gasteiger partial charge in [0.1, 0.15) is 11.5 Å². The van der Waals surface area contributed by atoms with E-state index in [9.17, 15) is 27.2 Å². The number of alkyl halides is 3. The second-order valence-electron chi connectivity index (χ2n) is 9.03. The third kappa shape index (κ3) is 5.09. The monoisotopic (exact) mass is 504 g/mol. The summed E-state index contributed by atoms with van der Waals surface area (Å²) in [5, 5.41) is 3.20. The smallest absolute Gasteiger partial charge is 0.363 e. The van der Waals surface area contributed by atoms with E-state index < -0.39 is 40.9 Å². The van der Waals surface area contributed by atoms with E-state index in [1.807, 2.05) is 42.2 Å². The summed E-state index contributed by atoms with van der Waals surface area (Å²) in [6.07, 6.45) is -4.80. The molecule has 10 heteroatoms. The average Bonchev–Trinajstić information content (AvgIpc) is 2.85. The van der Waals surface area contributed by atoms with Crippen LogP contribution in [0.15, 0.2) is 58.1 Å². The number of piperazine rings is 1. The fourth-order valence-corrected chi connectivity index (χ4v) is 4.69. The highest BCUT2D eigenvalue weighted by Gasteiger charge is 2.35. The number of rotatable bonds is 6. The SMILES string of the molecule is Cc1c(N2CCNCC2)c(=O)n(C[C@H](C)c2ccccc2)c(=O)n1Cc1c(F)cccc1C(F)(F)F. The van der Waals surface area contributed by atoms with Crippen LogP contribution in [0, 0.1) is 12.7 Å². The summed E-state index contributed by atoms with van der Waals surface area (Å²) < 4.78 is 57.9. The van der Waals surface area contributed by atoms with Gasteiger partial charge in [0.15, 0.2) is 0 Å². The fraction of sp³-hybridized carbons (Fsp3) is 0.385. The molecule has 1 saturated heterocycles. The standard InChI is InChI=1S/C26H28F4N4O2/c1-17(19-7-4-3-5-8-19)15-34-24(35)23(32-13-11-31-12-14-32)18(2)33(25(34)36)16-20-21(26(28,29)30)9-6-10-22(20)27/h3-10,17,31H,11-16H2,1-2H3/t17-/m0/s1. The van der Waals surface area contributed by atoms with E-state index in [1.165, 1.54) is 6.92 Å². The van der Waals surface area contributed by atoms with Gasteiger partial charge in [-0.3, -0.25) is 13.9 Å². The molecule has 1 aliphatic heterocycles. The highest BCUT2D eigenvalue weighted by atomic mass is 19.4. The summed E-state index contributed by atoms with van der Waals surface area (Å²) in [5.74, 6) is -1.28. The topological polar surface area (TPSA) is 59.3 Å². The molecule has 0 unspecified atom stereocenters. The summed E-state index contributed by atoms with van der Waals surface area (Å²) in [7, 11) is 0. The Hall–Kier alpha value is -3.40. The maximum absolute atomic E-state index is 14.7. The van der Waals surface area contributed by atoms with E-state index in [4.69, 9.17) is 0 Å². The number of aromatic nitrogens is 2. The molecule has 1 N–H and O–H groups in total. The zero-order chi connectivity index (χ0) is 26.0. The van der Waals surface area contributed by atoms with Crippen LogP contribution >= 0.6 is 0 Å². The average molecular weight is 505 g/mol. The molecular weight excluding hydrogens is 476 g/mol. The molecule has 1 fully saturated rings. The Kier molecular flexibility index (Phi) is 7.35. The Bertz CT molecular complexity index is 1340. The van der Waals surface area contributed by atoms with Crippen LogP contribution in [0.3, 0.4) is 0 Å². The van der Waals surface area contributed by atoms with Gasteiger partial charge in [-0.2, -0.15) is 13.2 Å². The molecule has 0 spiro atoms. The largest absolute Gasteiger partial charge is 0.416 e. The van der Waals surface area contributed by atoms with Crippen LogP contribution in [0.1, 0.15) is 35.2 Å². The van der Waals surface area contributed by atoms with Crippen LogP contribution in [0.4, 0.5) is 23.2 Å². The molecule has 0 saturated carbocycles. The highest BCUT2D eigenvalue weighted by molar-refractivity contribution is 5.50. The summed E-state index contributed by atoms with van der Waals surface area (Å²) >= 11 is 0. The van der Waals surface area contributed by atoms with Crippen molar-refractivity contribution in [2.75, 3.05) is 31.1 Å². The molecule has 0 aliphatic carbocycles. The Morgan fingerprint density at radius 3 is 2.28 bits per heavy atom. The van der Waals surface area contributed by atoms with Gasteiger partial charge in [0.05, 0.1) is 12.1 Å². The van der Waals surface area contributed by atoms with Crippen LogP contribution in [0.5, 0.6) is 0 Å². The van der Waals surface area contributed by atoms with Crippen molar-refractivity contribution in [2.45, 2.75) is 39.0 Å². The molecule has 0 amide bonds. The van der Waals surface area contributed by atoms with Crippen molar-refractivity contribution in [3.05, 3.63) is 97.6 Å². The molecule has 4 rings (SSSR count). The lowest BCUT2D eigenvalue weighted by molar-refractivity contribution is -0.138. The molecule has 1 aliphatic rings. The first-order valence-electron chi connectivity index (χ1n) is 11.8.